The Balaban J connectivity index is 1.72. The second-order valence-electron chi connectivity index (χ2n) is 11.5. The van der Waals surface area contributed by atoms with Gasteiger partial charge >= 0.3 is 12.6 Å². The van der Waals surface area contributed by atoms with Crippen LogP contribution in [0.1, 0.15) is 12.1 Å². The highest BCUT2D eigenvalue weighted by Crippen LogP contribution is 2.49. The average Bonchev–Trinajstić information content (AvgIpc) is 3.53. The number of pyridine rings is 2. The van der Waals surface area contributed by atoms with E-state index in [1.54, 1.807) is 16.7 Å². The Morgan fingerprint density at radius 2 is 1.87 bits per heavy atom. The van der Waals surface area contributed by atoms with E-state index in [0.29, 0.717) is 17.6 Å². The van der Waals surface area contributed by atoms with Crippen molar-refractivity contribution in [3.05, 3.63) is 42.4 Å². The quantitative estimate of drug-likeness (QED) is 0.0771. The molecule has 5 heterocycles. The Bertz CT molecular complexity index is 1660. The zero-order valence-electron chi connectivity index (χ0n) is 25.1. The highest BCUT2D eigenvalue weighted by atomic mass is 28.3. The number of aromatic nitrogens is 5. The fraction of sp³-hybridized carbons (Fsp3) is 0.448. The van der Waals surface area contributed by atoms with Crippen molar-refractivity contribution in [3.8, 4) is 34.1 Å². The molecule has 0 aliphatic carbocycles. The van der Waals surface area contributed by atoms with Gasteiger partial charge in [-0.05, 0) is 30.3 Å². The van der Waals surface area contributed by atoms with Gasteiger partial charge in [-0.25, -0.2) is 28.2 Å². The van der Waals surface area contributed by atoms with Crippen molar-refractivity contribution in [1.29, 1.82) is 0 Å². The number of ether oxygens (including phenoxy) is 5. The summed E-state index contributed by atoms with van der Waals surface area (Å²) in [6.45, 7) is 3.30. The summed E-state index contributed by atoms with van der Waals surface area (Å²) in [7, 11) is -0.254. The molecule has 11 nitrogen and oxygen atoms in total. The van der Waals surface area contributed by atoms with Gasteiger partial charge in [-0.1, -0.05) is 19.6 Å². The van der Waals surface area contributed by atoms with Crippen LogP contribution >= 0.6 is 0 Å². The monoisotopic (exact) mass is 651 g/mol. The molecule has 45 heavy (non-hydrogen) atoms. The summed E-state index contributed by atoms with van der Waals surface area (Å²) in [5.41, 5.74) is 0.242. The van der Waals surface area contributed by atoms with Crippen LogP contribution in [0, 0.1) is 0 Å². The first-order chi connectivity index (χ1) is 21.5. The van der Waals surface area contributed by atoms with Crippen LogP contribution in [0.3, 0.4) is 0 Å². The first-order valence-corrected chi connectivity index (χ1v) is 17.8. The number of carbonyl (C=O) groups excluding carboxylic acids is 1. The van der Waals surface area contributed by atoms with Crippen LogP contribution < -0.4 is 9.47 Å². The van der Waals surface area contributed by atoms with Gasteiger partial charge in [0.2, 0.25) is 11.8 Å². The zero-order chi connectivity index (χ0) is 32.3. The molecule has 0 radical (unpaired) electrons. The molecule has 242 valence electrons. The van der Waals surface area contributed by atoms with Gasteiger partial charge in [-0.3, -0.25) is 0 Å². The number of rotatable bonds is 13. The number of esters is 1. The maximum absolute atomic E-state index is 14.8. The maximum atomic E-state index is 14.8. The van der Waals surface area contributed by atoms with Gasteiger partial charge in [0.05, 0.1) is 24.9 Å². The number of nitrogens with zero attached hydrogens (tertiary/aromatic N) is 5. The minimum atomic E-state index is -3.19. The van der Waals surface area contributed by atoms with E-state index in [2.05, 4.69) is 39.4 Å². The molecule has 0 amide bonds. The zero-order valence-corrected chi connectivity index (χ0v) is 26.1. The number of alkyl halides is 4. The lowest BCUT2D eigenvalue weighted by atomic mass is 9.99. The average molecular weight is 652 g/mol. The molecule has 0 saturated heterocycles. The molecule has 4 aromatic heterocycles. The molecule has 0 spiro atoms. The molecule has 0 aromatic carbocycles. The van der Waals surface area contributed by atoms with Crippen LogP contribution in [0.15, 0.2) is 36.7 Å². The van der Waals surface area contributed by atoms with E-state index in [4.69, 9.17) is 18.9 Å². The van der Waals surface area contributed by atoms with Crippen LogP contribution in [0.2, 0.25) is 25.7 Å². The van der Waals surface area contributed by atoms with E-state index in [1.165, 1.54) is 36.3 Å². The standard InChI is InChI=1S/C29H33F4N5O6Si/c1-40-20(39)15-42-17-13-38-28(43-14-17)22(23(36-38)25(30)31)24-21(19-8-6-10-35-27(19)44-29(32)33)18-7-5-9-34-26(18)37(24)16-41-11-12-45(2,3)4/h5-10,17,25,29H,11-16H2,1-4H3/t17-/m0/s1. The second-order valence-corrected chi connectivity index (χ2v) is 17.1. The van der Waals surface area contributed by atoms with E-state index >= 15 is 0 Å². The van der Waals surface area contributed by atoms with Gasteiger partial charge in [-0.15, -0.1) is 0 Å². The van der Waals surface area contributed by atoms with Gasteiger partial charge in [0, 0.05) is 43.6 Å². The van der Waals surface area contributed by atoms with E-state index in [1.807, 2.05) is 0 Å². The number of hydrogen-bond donors (Lipinski definition) is 0. The normalized spacial score (nSPS) is 15.0. The Labute approximate surface area is 257 Å². The van der Waals surface area contributed by atoms with Gasteiger partial charge in [0.25, 0.3) is 6.43 Å². The Kier molecular flexibility index (Phi) is 9.74. The van der Waals surface area contributed by atoms with Crippen molar-refractivity contribution in [2.24, 2.45) is 0 Å². The van der Waals surface area contributed by atoms with Crippen LogP contribution in [0.25, 0.3) is 33.4 Å². The van der Waals surface area contributed by atoms with Crippen LogP contribution in [0.4, 0.5) is 17.6 Å². The molecule has 4 aromatic rings. The molecule has 0 bridgehead atoms. The van der Waals surface area contributed by atoms with Gasteiger partial charge in [0.15, 0.2) is 0 Å². The summed E-state index contributed by atoms with van der Waals surface area (Å²) in [6, 6.07) is 7.24. The molecule has 0 N–H and O–H groups in total. The van der Waals surface area contributed by atoms with Crippen LogP contribution in [-0.4, -0.2) is 78.0 Å². The Morgan fingerprint density at radius 3 is 2.58 bits per heavy atom. The molecule has 5 rings (SSSR count). The second kappa shape index (κ2) is 13.5. The molecule has 1 atom stereocenters. The minimum absolute atomic E-state index is 0.000787. The number of methoxy groups -OCH3 is 1. The van der Waals surface area contributed by atoms with Gasteiger partial charge in [-0.2, -0.15) is 13.9 Å². The molecular formula is C29H33F4N5O6Si. The molecule has 1 aliphatic rings. The Hall–Kier alpha value is -4.02. The molecule has 0 saturated carbocycles. The van der Waals surface area contributed by atoms with E-state index in [0.717, 1.165) is 6.04 Å². The third-order valence-corrected chi connectivity index (χ3v) is 8.80. The molecular weight excluding hydrogens is 618 g/mol. The summed E-state index contributed by atoms with van der Waals surface area (Å²) in [6.07, 6.45) is -0.907. The predicted molar refractivity (Wildman–Crippen MR) is 157 cm³/mol. The van der Waals surface area contributed by atoms with E-state index in [-0.39, 0.29) is 54.8 Å². The minimum Gasteiger partial charge on any atom is -0.474 e. The number of carbonyl (C=O) groups is 1. The summed E-state index contributed by atoms with van der Waals surface area (Å²) in [5, 5.41) is 4.64. The highest BCUT2D eigenvalue weighted by molar-refractivity contribution is 6.76. The molecule has 0 fully saturated rings. The number of fused-ring (bicyclic) bond motifs is 2. The van der Waals surface area contributed by atoms with Gasteiger partial charge in [0.1, 0.15) is 37.4 Å². The molecule has 16 heteroatoms. The number of halogens is 4. The third kappa shape index (κ3) is 7.12. The lowest BCUT2D eigenvalue weighted by molar-refractivity contribution is -0.149. The van der Waals surface area contributed by atoms with Crippen molar-refractivity contribution in [1.82, 2.24) is 24.3 Å². The largest absolute Gasteiger partial charge is 0.474 e. The first-order valence-electron chi connectivity index (χ1n) is 14.1. The number of hydrogen-bond acceptors (Lipinski definition) is 9. The first kappa shape index (κ1) is 32.4. The summed E-state index contributed by atoms with van der Waals surface area (Å²) in [4.78, 5) is 20.1. The van der Waals surface area contributed by atoms with Crippen molar-refractivity contribution < 1.29 is 46.0 Å². The summed E-state index contributed by atoms with van der Waals surface area (Å²) >= 11 is 0. The Morgan fingerprint density at radius 1 is 1.11 bits per heavy atom. The summed E-state index contributed by atoms with van der Waals surface area (Å²) in [5.74, 6) is -0.992. The van der Waals surface area contributed by atoms with Gasteiger partial charge < -0.3 is 28.3 Å². The highest BCUT2D eigenvalue weighted by Gasteiger charge is 2.36. The fourth-order valence-corrected chi connectivity index (χ4v) is 5.76. The smallest absolute Gasteiger partial charge is 0.388 e. The SMILES string of the molecule is COC(=O)CO[C@@H]1COc2c(-c3c(-c4cccnc4OC(F)F)c4cccnc4n3COCC[Si](C)(C)C)c(C(F)F)nn2C1. The van der Waals surface area contributed by atoms with Crippen LogP contribution in [0.5, 0.6) is 11.8 Å². The molecule has 0 unspecified atom stereocenters. The van der Waals surface area contributed by atoms with Crippen molar-refractivity contribution in [2.45, 2.75) is 58.1 Å². The van der Waals surface area contributed by atoms with E-state index in [9.17, 15) is 22.4 Å². The molecule has 1 aliphatic heterocycles. The lowest BCUT2D eigenvalue weighted by Crippen LogP contribution is -2.34. The lowest BCUT2D eigenvalue weighted by Gasteiger charge is -2.25. The van der Waals surface area contributed by atoms with E-state index < -0.39 is 44.8 Å². The van der Waals surface area contributed by atoms with Crippen molar-refractivity contribution >= 4 is 25.1 Å². The predicted octanol–water partition coefficient (Wildman–Crippen LogP) is 5.76. The summed E-state index contributed by atoms with van der Waals surface area (Å²) < 4.78 is 86.4. The van der Waals surface area contributed by atoms with Crippen molar-refractivity contribution in [2.75, 3.05) is 26.9 Å². The third-order valence-electron chi connectivity index (χ3n) is 7.10. The maximum Gasteiger partial charge on any atom is 0.388 e. The fourth-order valence-electron chi connectivity index (χ4n) is 5.00. The van der Waals surface area contributed by atoms with Crippen molar-refractivity contribution in [3.63, 3.8) is 0 Å². The topological polar surface area (TPSA) is 112 Å². The van der Waals surface area contributed by atoms with Crippen LogP contribution in [-0.2, 0) is 32.3 Å².